The van der Waals surface area contributed by atoms with E-state index in [9.17, 15) is 9.59 Å². The van der Waals surface area contributed by atoms with Crippen molar-refractivity contribution in [1.29, 1.82) is 0 Å². The monoisotopic (exact) mass is 346 g/mol. The maximum absolute atomic E-state index is 13.0. The number of rotatable bonds is 2. The first kappa shape index (κ1) is 16.6. The van der Waals surface area contributed by atoms with Crippen molar-refractivity contribution in [2.24, 2.45) is 0 Å². The summed E-state index contributed by atoms with van der Waals surface area (Å²) in [7, 11) is 0. The minimum atomic E-state index is -0.313. The highest BCUT2D eigenvalue weighted by Gasteiger charge is 2.27. The molecule has 1 aromatic heterocycles. The van der Waals surface area contributed by atoms with Crippen LogP contribution in [0.3, 0.4) is 0 Å². The van der Waals surface area contributed by atoms with Crippen LogP contribution in [0.5, 0.6) is 0 Å². The molecule has 0 aliphatic carbocycles. The lowest BCUT2D eigenvalue weighted by atomic mass is 9.88. The molecule has 1 amide bonds. The van der Waals surface area contributed by atoms with Crippen LogP contribution >= 0.6 is 0 Å². The van der Waals surface area contributed by atoms with E-state index in [1.807, 2.05) is 35.2 Å². The number of carbonyl (C=O) groups is 1. The highest BCUT2D eigenvalue weighted by atomic mass is 16.2. The number of likely N-dealkylation sites (tertiary alicyclic amines) is 1. The van der Waals surface area contributed by atoms with Crippen molar-refractivity contribution in [1.82, 2.24) is 9.88 Å². The van der Waals surface area contributed by atoms with Gasteiger partial charge in [0.15, 0.2) is 0 Å². The van der Waals surface area contributed by atoms with Crippen LogP contribution in [0.1, 0.15) is 40.2 Å². The zero-order valence-electron chi connectivity index (χ0n) is 14.9. The number of hydrogen-bond donors (Lipinski definition) is 1. The molecule has 1 aliphatic heterocycles. The molecule has 1 aliphatic rings. The second-order valence-corrected chi connectivity index (χ2v) is 7.05. The van der Waals surface area contributed by atoms with Crippen LogP contribution in [0.2, 0.25) is 0 Å². The average molecular weight is 346 g/mol. The van der Waals surface area contributed by atoms with Crippen LogP contribution < -0.4 is 5.56 Å². The van der Waals surface area contributed by atoms with Crippen LogP contribution in [0, 0.1) is 6.92 Å². The maximum Gasteiger partial charge on any atom is 0.261 e. The van der Waals surface area contributed by atoms with E-state index in [4.69, 9.17) is 0 Å². The lowest BCUT2D eigenvalue weighted by Crippen LogP contribution is -2.41. The number of pyridine rings is 1. The molecule has 4 nitrogen and oxygen atoms in total. The standard InChI is InChI=1S/C22H22N2O2/c1-15-7-2-4-10-18(15)17-9-6-12-24(14-17)22(26)19-13-16-8-3-5-11-20(16)23-21(19)25/h2-5,7-8,10-11,13,17H,6,9,12,14H2,1H3,(H,23,25)/t17-/m0/s1. The molecule has 0 unspecified atom stereocenters. The third kappa shape index (κ3) is 3.03. The van der Waals surface area contributed by atoms with Crippen molar-refractivity contribution < 1.29 is 4.79 Å². The van der Waals surface area contributed by atoms with E-state index in [1.165, 1.54) is 11.1 Å². The summed E-state index contributed by atoms with van der Waals surface area (Å²) in [5, 5.41) is 0.878. The number of amides is 1. The van der Waals surface area contributed by atoms with E-state index in [0.717, 1.165) is 23.7 Å². The van der Waals surface area contributed by atoms with Gasteiger partial charge >= 0.3 is 0 Å². The van der Waals surface area contributed by atoms with Gasteiger partial charge in [-0.2, -0.15) is 0 Å². The molecule has 4 rings (SSSR count). The van der Waals surface area contributed by atoms with Crippen LogP contribution in [0.25, 0.3) is 10.9 Å². The quantitative estimate of drug-likeness (QED) is 0.766. The summed E-state index contributed by atoms with van der Waals surface area (Å²) in [5.74, 6) is 0.156. The fourth-order valence-corrected chi connectivity index (χ4v) is 3.94. The molecule has 0 spiro atoms. The van der Waals surface area contributed by atoms with E-state index < -0.39 is 0 Å². The van der Waals surface area contributed by atoms with Crippen molar-refractivity contribution in [3.05, 3.63) is 81.6 Å². The molecular weight excluding hydrogens is 324 g/mol. The zero-order chi connectivity index (χ0) is 18.1. The smallest absolute Gasteiger partial charge is 0.261 e. The lowest BCUT2D eigenvalue weighted by Gasteiger charge is -2.33. The second-order valence-electron chi connectivity index (χ2n) is 7.05. The molecule has 2 aromatic carbocycles. The number of nitrogens with zero attached hydrogens (tertiary/aromatic N) is 1. The molecule has 0 saturated carbocycles. The van der Waals surface area contributed by atoms with Gasteiger partial charge in [0.25, 0.3) is 11.5 Å². The van der Waals surface area contributed by atoms with Gasteiger partial charge < -0.3 is 9.88 Å². The van der Waals surface area contributed by atoms with Crippen molar-refractivity contribution in [2.45, 2.75) is 25.7 Å². The number of aromatic amines is 1. The SMILES string of the molecule is Cc1ccccc1[C@H]1CCCN(C(=O)c2cc3ccccc3[nH]c2=O)C1. The Labute approximate surface area is 152 Å². The predicted octanol–water partition coefficient (Wildman–Crippen LogP) is 3.86. The Balaban J connectivity index is 1.63. The fourth-order valence-electron chi connectivity index (χ4n) is 3.94. The molecule has 26 heavy (non-hydrogen) atoms. The van der Waals surface area contributed by atoms with Gasteiger partial charge in [0.2, 0.25) is 0 Å². The maximum atomic E-state index is 13.0. The van der Waals surface area contributed by atoms with Gasteiger partial charge in [-0.25, -0.2) is 0 Å². The number of nitrogens with one attached hydrogen (secondary N) is 1. The Morgan fingerprint density at radius 2 is 1.88 bits per heavy atom. The van der Waals surface area contributed by atoms with Crippen molar-refractivity contribution in [3.63, 3.8) is 0 Å². The van der Waals surface area contributed by atoms with Gasteiger partial charge in [-0.15, -0.1) is 0 Å². The molecule has 2 heterocycles. The Kier molecular flexibility index (Phi) is 4.33. The van der Waals surface area contributed by atoms with Gasteiger partial charge in [-0.1, -0.05) is 42.5 Å². The minimum Gasteiger partial charge on any atom is -0.338 e. The molecular formula is C22H22N2O2. The van der Waals surface area contributed by atoms with Crippen molar-refractivity contribution >= 4 is 16.8 Å². The predicted molar refractivity (Wildman–Crippen MR) is 104 cm³/mol. The van der Waals surface area contributed by atoms with E-state index >= 15 is 0 Å². The number of para-hydroxylation sites is 1. The van der Waals surface area contributed by atoms with Crippen LogP contribution in [-0.2, 0) is 0 Å². The number of fused-ring (bicyclic) bond motifs is 1. The van der Waals surface area contributed by atoms with Crippen molar-refractivity contribution in [3.8, 4) is 0 Å². The first-order valence-corrected chi connectivity index (χ1v) is 9.10. The van der Waals surface area contributed by atoms with E-state index in [0.29, 0.717) is 19.0 Å². The van der Waals surface area contributed by atoms with Crippen LogP contribution in [0.15, 0.2) is 59.4 Å². The Bertz CT molecular complexity index is 1020. The Morgan fingerprint density at radius 3 is 2.73 bits per heavy atom. The number of benzene rings is 2. The lowest BCUT2D eigenvalue weighted by molar-refractivity contribution is 0.0705. The number of aromatic nitrogens is 1. The van der Waals surface area contributed by atoms with E-state index in [2.05, 4.69) is 30.1 Å². The highest BCUT2D eigenvalue weighted by Crippen LogP contribution is 2.29. The number of hydrogen-bond acceptors (Lipinski definition) is 2. The molecule has 3 aromatic rings. The van der Waals surface area contributed by atoms with Crippen molar-refractivity contribution in [2.75, 3.05) is 13.1 Å². The Hall–Kier alpha value is -2.88. The summed E-state index contributed by atoms with van der Waals surface area (Å²) in [6.07, 6.45) is 2.03. The summed E-state index contributed by atoms with van der Waals surface area (Å²) in [6.45, 7) is 3.48. The molecule has 4 heteroatoms. The summed E-state index contributed by atoms with van der Waals surface area (Å²) >= 11 is 0. The normalized spacial score (nSPS) is 17.4. The molecule has 1 atom stereocenters. The van der Waals surface area contributed by atoms with Crippen LogP contribution in [0.4, 0.5) is 0 Å². The average Bonchev–Trinajstić information content (AvgIpc) is 2.67. The number of H-pyrrole nitrogens is 1. The molecule has 1 saturated heterocycles. The summed E-state index contributed by atoms with van der Waals surface area (Å²) in [5.41, 5.74) is 3.24. The topological polar surface area (TPSA) is 53.2 Å². The molecule has 0 radical (unpaired) electrons. The minimum absolute atomic E-state index is 0.171. The number of piperidine rings is 1. The fraction of sp³-hybridized carbons (Fsp3) is 0.273. The zero-order valence-corrected chi connectivity index (χ0v) is 14.9. The highest BCUT2D eigenvalue weighted by molar-refractivity contribution is 5.97. The first-order valence-electron chi connectivity index (χ1n) is 9.10. The van der Waals surface area contributed by atoms with Crippen LogP contribution in [-0.4, -0.2) is 28.9 Å². The third-order valence-electron chi connectivity index (χ3n) is 5.32. The first-order chi connectivity index (χ1) is 12.6. The van der Waals surface area contributed by atoms with Gasteiger partial charge in [0, 0.05) is 24.5 Å². The van der Waals surface area contributed by atoms with E-state index in [-0.39, 0.29) is 17.0 Å². The van der Waals surface area contributed by atoms with Gasteiger partial charge in [-0.05, 0) is 48.4 Å². The summed E-state index contributed by atoms with van der Waals surface area (Å²) in [4.78, 5) is 30.1. The number of carbonyl (C=O) groups excluding carboxylic acids is 1. The van der Waals surface area contributed by atoms with Gasteiger partial charge in [-0.3, -0.25) is 9.59 Å². The molecule has 132 valence electrons. The third-order valence-corrected chi connectivity index (χ3v) is 5.32. The number of aryl methyl sites for hydroxylation is 1. The summed E-state index contributed by atoms with van der Waals surface area (Å²) in [6, 6.07) is 17.6. The summed E-state index contributed by atoms with van der Waals surface area (Å²) < 4.78 is 0. The second kappa shape index (κ2) is 6.79. The molecule has 1 N–H and O–H groups in total. The largest absolute Gasteiger partial charge is 0.338 e. The Morgan fingerprint density at radius 1 is 1.12 bits per heavy atom. The van der Waals surface area contributed by atoms with E-state index in [1.54, 1.807) is 6.07 Å². The molecule has 0 bridgehead atoms. The molecule has 1 fully saturated rings. The van der Waals surface area contributed by atoms with Gasteiger partial charge in [0.1, 0.15) is 5.56 Å². The van der Waals surface area contributed by atoms with Gasteiger partial charge in [0.05, 0.1) is 0 Å².